The Hall–Kier alpha value is -0.860. The molecule has 1 radical (unpaired) electrons. The van der Waals surface area contributed by atoms with Gasteiger partial charge in [0.1, 0.15) is 0 Å². The second-order valence-electron chi connectivity index (χ2n) is 5.38. The molecular weight excluding hydrogens is 264 g/mol. The lowest BCUT2D eigenvalue weighted by Gasteiger charge is -2.11. The van der Waals surface area contributed by atoms with Gasteiger partial charge in [-0.25, -0.2) is 0 Å². The number of rotatable bonds is 9. The molecule has 1 nitrogen and oxygen atoms in total. The molecule has 1 aromatic heterocycles. The van der Waals surface area contributed by atoms with Crippen LogP contribution in [-0.2, 0) is 11.2 Å². The highest BCUT2D eigenvalue weighted by Gasteiger charge is 2.03. The van der Waals surface area contributed by atoms with Crippen molar-refractivity contribution in [3.63, 3.8) is 0 Å². The lowest BCUT2D eigenvalue weighted by atomic mass is 10.2. The molecule has 0 fully saturated rings. The summed E-state index contributed by atoms with van der Waals surface area (Å²) in [5, 5.41) is 1.38. The van der Waals surface area contributed by atoms with Crippen LogP contribution in [0.15, 0.2) is 30.3 Å². The van der Waals surface area contributed by atoms with Gasteiger partial charge < -0.3 is 4.74 Å². The van der Waals surface area contributed by atoms with Gasteiger partial charge in [0, 0.05) is 16.2 Å². The number of benzene rings is 1. The van der Waals surface area contributed by atoms with E-state index in [1.807, 2.05) is 11.3 Å². The molecule has 0 saturated carbocycles. The first-order valence-corrected chi connectivity index (χ1v) is 8.49. The molecule has 2 rings (SSSR count). The Balaban J connectivity index is 1.63. The molecule has 0 aliphatic rings. The molecule has 1 aromatic carbocycles. The summed E-state index contributed by atoms with van der Waals surface area (Å²) in [6, 6.07) is 11.0. The van der Waals surface area contributed by atoms with E-state index >= 15 is 0 Å². The highest BCUT2D eigenvalue weighted by molar-refractivity contribution is 7.19. The third-order valence-corrected chi connectivity index (χ3v) is 4.73. The molecule has 0 N–H and O–H groups in total. The fourth-order valence-electron chi connectivity index (χ4n) is 2.36. The summed E-state index contributed by atoms with van der Waals surface area (Å²) in [4.78, 5) is 1.50. The van der Waals surface area contributed by atoms with Crippen LogP contribution in [0.4, 0.5) is 0 Å². The van der Waals surface area contributed by atoms with E-state index in [2.05, 4.69) is 44.2 Å². The Morgan fingerprint density at radius 2 is 2.05 bits per heavy atom. The van der Waals surface area contributed by atoms with Crippen LogP contribution in [0.3, 0.4) is 0 Å². The maximum absolute atomic E-state index is 5.82. The Morgan fingerprint density at radius 3 is 2.85 bits per heavy atom. The summed E-state index contributed by atoms with van der Waals surface area (Å²) in [6.07, 6.45) is 7.26. The number of aryl methyl sites for hydroxylation is 1. The number of hydrogen-bond donors (Lipinski definition) is 0. The number of ether oxygens (including phenoxy) is 1. The highest BCUT2D eigenvalue weighted by Crippen LogP contribution is 2.26. The maximum atomic E-state index is 5.82. The Bertz CT molecular complexity index is 470. The smallest absolute Gasteiger partial charge is 0.0547 e. The first-order valence-electron chi connectivity index (χ1n) is 7.68. The molecule has 0 spiro atoms. The Labute approximate surface area is 127 Å². The van der Waals surface area contributed by atoms with Crippen LogP contribution in [0.25, 0.3) is 10.1 Å². The van der Waals surface area contributed by atoms with Crippen molar-refractivity contribution in [2.45, 2.75) is 51.6 Å². The van der Waals surface area contributed by atoms with E-state index in [4.69, 9.17) is 4.74 Å². The van der Waals surface area contributed by atoms with Crippen molar-refractivity contribution >= 4 is 21.4 Å². The van der Waals surface area contributed by atoms with E-state index in [0.717, 1.165) is 25.9 Å². The van der Waals surface area contributed by atoms with Gasteiger partial charge >= 0.3 is 0 Å². The van der Waals surface area contributed by atoms with Crippen molar-refractivity contribution < 1.29 is 4.74 Å². The normalized spacial score (nSPS) is 12.9. The lowest BCUT2D eigenvalue weighted by Crippen LogP contribution is -2.09. The highest BCUT2D eigenvalue weighted by atomic mass is 32.1. The fourth-order valence-corrected chi connectivity index (χ4v) is 3.47. The topological polar surface area (TPSA) is 9.23 Å². The van der Waals surface area contributed by atoms with Crippen LogP contribution in [-0.4, -0.2) is 12.7 Å². The van der Waals surface area contributed by atoms with Crippen LogP contribution < -0.4 is 0 Å². The van der Waals surface area contributed by atoms with Gasteiger partial charge in [-0.2, -0.15) is 0 Å². The average molecular weight is 289 g/mol. The quantitative estimate of drug-likeness (QED) is 0.543. The number of hydrogen-bond acceptors (Lipinski definition) is 2. The summed E-state index contributed by atoms with van der Waals surface area (Å²) in [6.45, 7) is 6.92. The first kappa shape index (κ1) is 15.5. The maximum Gasteiger partial charge on any atom is 0.0547 e. The molecule has 20 heavy (non-hydrogen) atoms. The third kappa shape index (κ3) is 4.92. The van der Waals surface area contributed by atoms with Crippen molar-refractivity contribution in [2.24, 2.45) is 0 Å². The van der Waals surface area contributed by atoms with Gasteiger partial charge in [-0.05, 0) is 50.1 Å². The third-order valence-electron chi connectivity index (χ3n) is 3.56. The van der Waals surface area contributed by atoms with Gasteiger partial charge in [-0.15, -0.1) is 11.3 Å². The minimum atomic E-state index is 0.390. The largest absolute Gasteiger partial charge is 0.379 e. The van der Waals surface area contributed by atoms with Crippen molar-refractivity contribution in [1.29, 1.82) is 0 Å². The zero-order valence-corrected chi connectivity index (χ0v) is 13.3. The monoisotopic (exact) mass is 289 g/mol. The van der Waals surface area contributed by atoms with Gasteiger partial charge in [0.2, 0.25) is 0 Å². The molecule has 0 aliphatic heterocycles. The van der Waals surface area contributed by atoms with Crippen molar-refractivity contribution in [3.8, 4) is 0 Å². The molecular formula is C18H25OS. The van der Waals surface area contributed by atoms with Crippen LogP contribution >= 0.6 is 11.3 Å². The van der Waals surface area contributed by atoms with E-state index in [1.54, 1.807) is 0 Å². The molecule has 1 atom stereocenters. The second kappa shape index (κ2) is 8.43. The van der Waals surface area contributed by atoms with Crippen molar-refractivity contribution in [2.75, 3.05) is 6.61 Å². The molecule has 0 saturated heterocycles. The first-order chi connectivity index (χ1) is 9.79. The summed E-state index contributed by atoms with van der Waals surface area (Å²) in [5.41, 5.74) is 0. The molecule has 2 heteroatoms. The molecule has 2 aromatic rings. The SMILES string of the molecule is [CH2]CCCC(C)OCCCCc1cc2ccccc2s1. The predicted octanol–water partition coefficient (Wildman–Crippen LogP) is 5.63. The van der Waals surface area contributed by atoms with E-state index < -0.39 is 0 Å². The van der Waals surface area contributed by atoms with E-state index in [-0.39, 0.29) is 0 Å². The summed E-state index contributed by atoms with van der Waals surface area (Å²) in [7, 11) is 0. The number of thiophene rings is 1. The fraction of sp³-hybridized carbons (Fsp3) is 0.500. The summed E-state index contributed by atoms with van der Waals surface area (Å²) >= 11 is 1.92. The molecule has 1 unspecified atom stereocenters. The van der Waals surface area contributed by atoms with Gasteiger partial charge in [0.25, 0.3) is 0 Å². The van der Waals surface area contributed by atoms with Crippen LogP contribution in [0.1, 0.15) is 43.9 Å². The molecule has 0 aliphatic carbocycles. The van der Waals surface area contributed by atoms with E-state index in [9.17, 15) is 0 Å². The predicted molar refractivity (Wildman–Crippen MR) is 89.4 cm³/mol. The number of fused-ring (bicyclic) bond motifs is 1. The molecule has 0 bridgehead atoms. The van der Waals surface area contributed by atoms with Gasteiger partial charge in [0.05, 0.1) is 6.10 Å². The van der Waals surface area contributed by atoms with Crippen LogP contribution in [0.5, 0.6) is 0 Å². The molecule has 1 heterocycles. The Morgan fingerprint density at radius 1 is 1.20 bits per heavy atom. The zero-order valence-electron chi connectivity index (χ0n) is 12.4. The van der Waals surface area contributed by atoms with Crippen molar-refractivity contribution in [3.05, 3.63) is 42.1 Å². The number of unbranched alkanes of at least 4 members (excludes halogenated alkanes) is 2. The lowest BCUT2D eigenvalue weighted by molar-refractivity contribution is 0.0567. The second-order valence-corrected chi connectivity index (χ2v) is 6.55. The van der Waals surface area contributed by atoms with Gasteiger partial charge in [0.15, 0.2) is 0 Å². The van der Waals surface area contributed by atoms with Crippen molar-refractivity contribution in [1.82, 2.24) is 0 Å². The minimum absolute atomic E-state index is 0.390. The molecule has 109 valence electrons. The van der Waals surface area contributed by atoms with Crippen LogP contribution in [0, 0.1) is 6.92 Å². The minimum Gasteiger partial charge on any atom is -0.379 e. The average Bonchev–Trinajstić information content (AvgIpc) is 2.87. The van der Waals surface area contributed by atoms with Crippen LogP contribution in [0.2, 0.25) is 0 Å². The van der Waals surface area contributed by atoms with E-state index in [0.29, 0.717) is 6.10 Å². The van der Waals surface area contributed by atoms with Gasteiger partial charge in [-0.3, -0.25) is 0 Å². The molecule has 0 amide bonds. The van der Waals surface area contributed by atoms with E-state index in [1.165, 1.54) is 34.2 Å². The Kier molecular flexibility index (Phi) is 6.55. The summed E-state index contributed by atoms with van der Waals surface area (Å²) < 4.78 is 7.22. The zero-order chi connectivity index (χ0) is 14.2. The van der Waals surface area contributed by atoms with Gasteiger partial charge in [-0.1, -0.05) is 38.0 Å². The summed E-state index contributed by atoms with van der Waals surface area (Å²) in [5.74, 6) is 0. The standard InChI is InChI=1S/C18H25OS/c1-3-4-9-15(2)19-13-8-7-11-17-14-16-10-5-6-12-18(16)20-17/h5-6,10,12,14-15H,1,3-4,7-9,11,13H2,2H3.